The van der Waals surface area contributed by atoms with Gasteiger partial charge in [-0.3, -0.25) is 0 Å². The van der Waals surface area contributed by atoms with Crippen molar-refractivity contribution in [3.05, 3.63) is 64.8 Å². The van der Waals surface area contributed by atoms with Crippen LogP contribution in [0.5, 0.6) is 0 Å². The summed E-state index contributed by atoms with van der Waals surface area (Å²) >= 11 is 3.44. The van der Waals surface area contributed by atoms with Gasteiger partial charge < -0.3 is 5.32 Å². The molecule has 0 radical (unpaired) electrons. The molecule has 0 aliphatic rings. The topological polar surface area (TPSA) is 50.7 Å². The molecular formula is C22H18N4S2. The number of nitrogens with one attached hydrogen (secondary N) is 1. The highest BCUT2D eigenvalue weighted by molar-refractivity contribution is 7.21. The predicted octanol–water partition coefficient (Wildman–Crippen LogP) is 6.64. The number of nitrogens with zero attached hydrogens (tertiary/aromatic N) is 3. The molecule has 6 heteroatoms. The molecule has 1 N–H and O–H groups in total. The number of rotatable bonds is 3. The van der Waals surface area contributed by atoms with Crippen molar-refractivity contribution in [1.29, 1.82) is 0 Å². The third-order valence-electron chi connectivity index (χ3n) is 4.90. The third-order valence-corrected chi connectivity index (χ3v) is 7.09. The monoisotopic (exact) mass is 402 g/mol. The second-order valence-electron chi connectivity index (χ2n) is 6.88. The molecule has 0 aliphatic carbocycles. The highest BCUT2D eigenvalue weighted by Gasteiger charge is 2.12. The molecule has 0 spiro atoms. The molecule has 5 aromatic rings. The van der Waals surface area contributed by atoms with Gasteiger partial charge in [0.1, 0.15) is 22.0 Å². The van der Waals surface area contributed by atoms with Gasteiger partial charge in [0.25, 0.3) is 0 Å². The maximum absolute atomic E-state index is 4.77. The molecular weight excluding hydrogens is 384 g/mol. The second-order valence-corrected chi connectivity index (χ2v) is 9.11. The van der Waals surface area contributed by atoms with Gasteiger partial charge in [-0.05, 0) is 68.3 Å². The minimum atomic E-state index is 0.857. The fourth-order valence-electron chi connectivity index (χ4n) is 3.27. The van der Waals surface area contributed by atoms with Crippen LogP contribution >= 0.6 is 22.7 Å². The largest absolute Gasteiger partial charge is 0.340 e. The van der Waals surface area contributed by atoms with Gasteiger partial charge in [0, 0.05) is 16.1 Å². The van der Waals surface area contributed by atoms with Crippen molar-refractivity contribution in [2.45, 2.75) is 20.8 Å². The molecule has 2 aromatic carbocycles. The molecule has 3 heterocycles. The van der Waals surface area contributed by atoms with Crippen LogP contribution in [-0.4, -0.2) is 15.0 Å². The van der Waals surface area contributed by atoms with E-state index in [1.54, 1.807) is 29.0 Å². The Hall–Kier alpha value is -2.83. The highest BCUT2D eigenvalue weighted by Crippen LogP contribution is 2.35. The van der Waals surface area contributed by atoms with Crippen molar-refractivity contribution < 1.29 is 0 Å². The standard InChI is InChI=1S/C22H18N4S2/c1-12-4-9-17-18(10-12)28-21(26-17)15-5-7-16(8-6-15)25-20-19-13(2)14(3)27-22(19)24-11-23-20/h4-11H,1-3H3,(H,23,24,25). The van der Waals surface area contributed by atoms with E-state index in [9.17, 15) is 0 Å². The van der Waals surface area contributed by atoms with E-state index < -0.39 is 0 Å². The summed E-state index contributed by atoms with van der Waals surface area (Å²) < 4.78 is 1.23. The molecule has 0 atom stereocenters. The fraction of sp³-hybridized carbons (Fsp3) is 0.136. The molecule has 0 unspecified atom stereocenters. The third kappa shape index (κ3) is 2.95. The maximum Gasteiger partial charge on any atom is 0.142 e. The van der Waals surface area contributed by atoms with Crippen LogP contribution in [0.15, 0.2) is 48.8 Å². The molecule has 0 bridgehead atoms. The van der Waals surface area contributed by atoms with E-state index in [2.05, 4.69) is 78.5 Å². The summed E-state index contributed by atoms with van der Waals surface area (Å²) in [6, 6.07) is 14.8. The zero-order valence-corrected chi connectivity index (χ0v) is 17.4. The van der Waals surface area contributed by atoms with E-state index in [4.69, 9.17) is 4.98 Å². The first-order valence-electron chi connectivity index (χ1n) is 9.04. The molecule has 0 saturated heterocycles. The van der Waals surface area contributed by atoms with Crippen molar-refractivity contribution in [2.24, 2.45) is 0 Å². The Labute approximate surface area is 170 Å². The normalized spacial score (nSPS) is 11.4. The summed E-state index contributed by atoms with van der Waals surface area (Å²) in [5, 5.41) is 5.60. The number of anilines is 2. The van der Waals surface area contributed by atoms with E-state index in [1.165, 1.54) is 20.7 Å². The van der Waals surface area contributed by atoms with Gasteiger partial charge >= 0.3 is 0 Å². The van der Waals surface area contributed by atoms with Crippen molar-refractivity contribution >= 4 is 54.6 Å². The zero-order chi connectivity index (χ0) is 19.3. The minimum Gasteiger partial charge on any atom is -0.340 e. The van der Waals surface area contributed by atoms with Gasteiger partial charge in [-0.15, -0.1) is 22.7 Å². The molecule has 0 amide bonds. The molecule has 4 nitrogen and oxygen atoms in total. The number of fused-ring (bicyclic) bond motifs is 2. The van der Waals surface area contributed by atoms with Crippen LogP contribution < -0.4 is 5.32 Å². The summed E-state index contributed by atoms with van der Waals surface area (Å²) in [6.07, 6.45) is 1.62. The van der Waals surface area contributed by atoms with Crippen LogP contribution in [0.3, 0.4) is 0 Å². The van der Waals surface area contributed by atoms with Crippen LogP contribution in [0.4, 0.5) is 11.5 Å². The number of benzene rings is 2. The second kappa shape index (κ2) is 6.65. The fourth-order valence-corrected chi connectivity index (χ4v) is 5.33. The average Bonchev–Trinajstić information content (AvgIpc) is 3.23. The maximum atomic E-state index is 4.77. The van der Waals surface area contributed by atoms with E-state index in [1.807, 2.05) is 0 Å². The number of thiazole rings is 1. The summed E-state index contributed by atoms with van der Waals surface area (Å²) in [4.78, 5) is 15.9. The smallest absolute Gasteiger partial charge is 0.142 e. The SMILES string of the molecule is Cc1ccc2nc(-c3ccc(Nc4ncnc5sc(C)c(C)c45)cc3)sc2c1. The summed E-state index contributed by atoms with van der Waals surface area (Å²) in [5.41, 5.74) is 5.69. The summed E-state index contributed by atoms with van der Waals surface area (Å²) in [6.45, 7) is 6.36. The van der Waals surface area contributed by atoms with Crippen molar-refractivity contribution in [2.75, 3.05) is 5.32 Å². The Kier molecular flexibility index (Phi) is 4.10. The summed E-state index contributed by atoms with van der Waals surface area (Å²) in [7, 11) is 0. The van der Waals surface area contributed by atoms with E-state index >= 15 is 0 Å². The van der Waals surface area contributed by atoms with Crippen LogP contribution in [0.1, 0.15) is 16.0 Å². The number of hydrogen-bond donors (Lipinski definition) is 1. The highest BCUT2D eigenvalue weighted by atomic mass is 32.1. The molecule has 0 fully saturated rings. The number of hydrogen-bond acceptors (Lipinski definition) is 6. The van der Waals surface area contributed by atoms with Crippen LogP contribution in [0, 0.1) is 20.8 Å². The molecule has 138 valence electrons. The van der Waals surface area contributed by atoms with Crippen molar-refractivity contribution in [1.82, 2.24) is 15.0 Å². The van der Waals surface area contributed by atoms with E-state index in [0.717, 1.165) is 37.8 Å². The zero-order valence-electron chi connectivity index (χ0n) is 15.8. The Morgan fingerprint density at radius 3 is 2.54 bits per heavy atom. The van der Waals surface area contributed by atoms with Gasteiger partial charge in [-0.1, -0.05) is 6.07 Å². The first kappa shape index (κ1) is 17.3. The van der Waals surface area contributed by atoms with Crippen molar-refractivity contribution in [3.63, 3.8) is 0 Å². The van der Waals surface area contributed by atoms with Gasteiger partial charge in [0.2, 0.25) is 0 Å². The van der Waals surface area contributed by atoms with Gasteiger partial charge in [-0.25, -0.2) is 15.0 Å². The number of aryl methyl sites for hydroxylation is 3. The number of thiophene rings is 1. The Morgan fingerprint density at radius 2 is 1.71 bits per heavy atom. The lowest BCUT2D eigenvalue weighted by atomic mass is 10.2. The van der Waals surface area contributed by atoms with Crippen LogP contribution in [0.25, 0.3) is 31.0 Å². The predicted molar refractivity (Wildman–Crippen MR) is 120 cm³/mol. The molecule has 0 saturated carbocycles. The van der Waals surface area contributed by atoms with Gasteiger partial charge in [0.15, 0.2) is 0 Å². The van der Waals surface area contributed by atoms with E-state index in [0.29, 0.717) is 0 Å². The Bertz CT molecular complexity index is 1320. The summed E-state index contributed by atoms with van der Waals surface area (Å²) in [5.74, 6) is 0.857. The first-order valence-corrected chi connectivity index (χ1v) is 10.7. The van der Waals surface area contributed by atoms with Crippen LogP contribution in [0.2, 0.25) is 0 Å². The van der Waals surface area contributed by atoms with Crippen LogP contribution in [-0.2, 0) is 0 Å². The van der Waals surface area contributed by atoms with Crippen molar-refractivity contribution in [3.8, 4) is 10.6 Å². The van der Waals surface area contributed by atoms with Gasteiger partial charge in [-0.2, -0.15) is 0 Å². The Morgan fingerprint density at radius 1 is 0.893 bits per heavy atom. The minimum absolute atomic E-state index is 0.857. The molecule has 3 aromatic heterocycles. The lowest BCUT2D eigenvalue weighted by Gasteiger charge is -2.08. The lowest BCUT2D eigenvalue weighted by Crippen LogP contribution is -1.95. The van der Waals surface area contributed by atoms with E-state index in [-0.39, 0.29) is 0 Å². The lowest BCUT2D eigenvalue weighted by molar-refractivity contribution is 1.22. The molecule has 5 rings (SSSR count). The number of aromatic nitrogens is 3. The first-order chi connectivity index (χ1) is 13.6. The molecule has 0 aliphatic heterocycles. The van der Waals surface area contributed by atoms with Gasteiger partial charge in [0.05, 0.1) is 15.6 Å². The quantitative estimate of drug-likeness (QED) is 0.368. The Balaban J connectivity index is 1.47. The average molecular weight is 403 g/mol. The molecule has 28 heavy (non-hydrogen) atoms.